The summed E-state index contributed by atoms with van der Waals surface area (Å²) >= 11 is 4.38. The van der Waals surface area contributed by atoms with Crippen LogP contribution < -0.4 is 0 Å². The molecule has 0 radical (unpaired) electrons. The Labute approximate surface area is 136 Å². The van der Waals surface area contributed by atoms with Gasteiger partial charge in [-0.05, 0) is 12.8 Å². The van der Waals surface area contributed by atoms with Crippen molar-refractivity contribution in [2.75, 3.05) is 13.2 Å². The lowest BCUT2D eigenvalue weighted by molar-refractivity contribution is -0.146. The standard InChI is InChI=1S/C12H20I2O4/c1-9(13)7-11(15)17-5-3-4-6-18-12(16)8-10(2)14/h9-10H,3-8H2,1-2H3. The second-order valence-electron chi connectivity index (χ2n) is 4.12. The Morgan fingerprint density at radius 2 is 1.22 bits per heavy atom. The predicted octanol–water partition coefficient (Wildman–Crippen LogP) is 3.28. The second kappa shape index (κ2) is 11.2. The van der Waals surface area contributed by atoms with Crippen LogP contribution >= 0.6 is 45.2 Å². The van der Waals surface area contributed by atoms with Crippen LogP contribution in [0, 0.1) is 0 Å². The van der Waals surface area contributed by atoms with Crippen LogP contribution in [0.15, 0.2) is 0 Å². The van der Waals surface area contributed by atoms with E-state index in [0.717, 1.165) is 12.8 Å². The molecule has 0 fully saturated rings. The highest BCUT2D eigenvalue weighted by molar-refractivity contribution is 14.1. The SMILES string of the molecule is CC(I)CC(=O)OCCCCOC(=O)CC(C)I. The summed E-state index contributed by atoms with van der Waals surface area (Å²) < 4.78 is 10.7. The minimum Gasteiger partial charge on any atom is -0.466 e. The lowest BCUT2D eigenvalue weighted by Gasteiger charge is -2.07. The number of hydrogen-bond donors (Lipinski definition) is 0. The average Bonchev–Trinajstić information content (AvgIpc) is 2.20. The molecule has 0 rings (SSSR count). The van der Waals surface area contributed by atoms with E-state index in [9.17, 15) is 9.59 Å². The normalized spacial score (nSPS) is 13.8. The Hall–Kier alpha value is 0.400. The fraction of sp³-hybridized carbons (Fsp3) is 0.833. The third-order valence-electron chi connectivity index (χ3n) is 1.96. The Kier molecular flexibility index (Phi) is 11.5. The zero-order chi connectivity index (χ0) is 14.0. The van der Waals surface area contributed by atoms with Crippen molar-refractivity contribution in [1.29, 1.82) is 0 Å². The number of ether oxygens (including phenoxy) is 2. The minimum atomic E-state index is -0.160. The molecule has 0 heterocycles. The molecule has 0 aromatic carbocycles. The third-order valence-corrected chi connectivity index (χ3v) is 2.84. The Morgan fingerprint density at radius 3 is 1.50 bits per heavy atom. The highest BCUT2D eigenvalue weighted by atomic mass is 127. The quantitative estimate of drug-likeness (QED) is 0.219. The summed E-state index contributed by atoms with van der Waals surface area (Å²) in [7, 11) is 0. The fourth-order valence-corrected chi connectivity index (χ4v) is 1.87. The smallest absolute Gasteiger partial charge is 0.306 e. The molecule has 0 aromatic heterocycles. The summed E-state index contributed by atoms with van der Waals surface area (Å²) in [5.41, 5.74) is 0. The Bertz CT molecular complexity index is 228. The third kappa shape index (κ3) is 12.8. The first-order valence-corrected chi connectivity index (χ1v) is 8.50. The van der Waals surface area contributed by atoms with Crippen LogP contribution in [0.4, 0.5) is 0 Å². The first kappa shape index (κ1) is 18.4. The van der Waals surface area contributed by atoms with Gasteiger partial charge in [-0.3, -0.25) is 9.59 Å². The van der Waals surface area contributed by atoms with Gasteiger partial charge in [-0.1, -0.05) is 59.0 Å². The first-order valence-electron chi connectivity index (χ1n) is 6.01. The van der Waals surface area contributed by atoms with E-state index in [-0.39, 0.29) is 11.9 Å². The van der Waals surface area contributed by atoms with Crippen LogP contribution in [-0.2, 0) is 19.1 Å². The molecule has 0 N–H and O–H groups in total. The molecular formula is C12H20I2O4. The van der Waals surface area contributed by atoms with Gasteiger partial charge >= 0.3 is 11.9 Å². The maximum Gasteiger partial charge on any atom is 0.306 e. The van der Waals surface area contributed by atoms with Crippen molar-refractivity contribution in [3.8, 4) is 0 Å². The van der Waals surface area contributed by atoms with Crippen molar-refractivity contribution in [1.82, 2.24) is 0 Å². The van der Waals surface area contributed by atoms with Gasteiger partial charge in [0.25, 0.3) is 0 Å². The monoisotopic (exact) mass is 482 g/mol. The van der Waals surface area contributed by atoms with Crippen molar-refractivity contribution in [2.24, 2.45) is 0 Å². The van der Waals surface area contributed by atoms with Crippen LogP contribution in [0.1, 0.15) is 39.5 Å². The number of esters is 2. The summed E-state index contributed by atoms with van der Waals surface area (Å²) in [6.45, 7) is 4.75. The summed E-state index contributed by atoms with van der Waals surface area (Å²) in [5.74, 6) is -0.319. The van der Waals surface area contributed by atoms with Gasteiger partial charge < -0.3 is 9.47 Å². The zero-order valence-corrected chi connectivity index (χ0v) is 15.1. The van der Waals surface area contributed by atoms with Crippen molar-refractivity contribution >= 4 is 57.1 Å². The molecule has 0 aliphatic rings. The van der Waals surface area contributed by atoms with E-state index >= 15 is 0 Å². The van der Waals surface area contributed by atoms with Crippen LogP contribution in [0.5, 0.6) is 0 Å². The van der Waals surface area contributed by atoms with Gasteiger partial charge in [0.05, 0.1) is 26.1 Å². The van der Waals surface area contributed by atoms with Gasteiger partial charge in [0.15, 0.2) is 0 Å². The van der Waals surface area contributed by atoms with Gasteiger partial charge in [-0.15, -0.1) is 0 Å². The molecule has 0 saturated carbocycles. The summed E-state index contributed by atoms with van der Waals surface area (Å²) in [6.07, 6.45) is 2.36. The molecular weight excluding hydrogens is 462 g/mol. The largest absolute Gasteiger partial charge is 0.466 e. The number of unbranched alkanes of at least 4 members (excludes halogenated alkanes) is 1. The van der Waals surface area contributed by atoms with Gasteiger partial charge in [0.2, 0.25) is 0 Å². The summed E-state index contributed by atoms with van der Waals surface area (Å²) in [6, 6.07) is 0. The predicted molar refractivity (Wildman–Crippen MR) is 87.4 cm³/mol. The second-order valence-corrected chi connectivity index (χ2v) is 8.37. The molecule has 2 unspecified atom stereocenters. The van der Waals surface area contributed by atoms with E-state index in [4.69, 9.17) is 9.47 Å². The van der Waals surface area contributed by atoms with Crippen molar-refractivity contribution in [3.05, 3.63) is 0 Å². The molecule has 0 spiro atoms. The van der Waals surface area contributed by atoms with Crippen molar-refractivity contribution in [3.63, 3.8) is 0 Å². The molecule has 0 amide bonds. The molecule has 106 valence electrons. The molecule has 0 saturated heterocycles. The minimum absolute atomic E-state index is 0.160. The lowest BCUT2D eigenvalue weighted by Crippen LogP contribution is -2.12. The zero-order valence-electron chi connectivity index (χ0n) is 10.8. The summed E-state index contributed by atoms with van der Waals surface area (Å²) in [5, 5.41) is 0. The Morgan fingerprint density at radius 1 is 0.889 bits per heavy atom. The van der Waals surface area contributed by atoms with Gasteiger partial charge in [-0.2, -0.15) is 0 Å². The molecule has 0 bridgehead atoms. The van der Waals surface area contributed by atoms with Gasteiger partial charge in [0, 0.05) is 7.85 Å². The van der Waals surface area contributed by atoms with E-state index in [1.165, 1.54) is 0 Å². The maximum atomic E-state index is 11.2. The molecule has 18 heavy (non-hydrogen) atoms. The maximum absolute atomic E-state index is 11.2. The van der Waals surface area contributed by atoms with Crippen LogP contribution in [-0.4, -0.2) is 33.0 Å². The van der Waals surface area contributed by atoms with E-state index < -0.39 is 0 Å². The molecule has 0 aliphatic heterocycles. The van der Waals surface area contributed by atoms with Gasteiger partial charge in [0.1, 0.15) is 0 Å². The van der Waals surface area contributed by atoms with E-state index in [1.54, 1.807) is 0 Å². The number of alkyl halides is 2. The highest BCUT2D eigenvalue weighted by Gasteiger charge is 2.08. The number of hydrogen-bond acceptors (Lipinski definition) is 4. The summed E-state index contributed by atoms with van der Waals surface area (Å²) in [4.78, 5) is 22.4. The van der Waals surface area contributed by atoms with Crippen molar-refractivity contribution < 1.29 is 19.1 Å². The van der Waals surface area contributed by atoms with E-state index in [2.05, 4.69) is 45.2 Å². The Balaban J connectivity index is 3.36. The highest BCUT2D eigenvalue weighted by Crippen LogP contribution is 2.06. The van der Waals surface area contributed by atoms with Crippen LogP contribution in [0.2, 0.25) is 0 Å². The number of halogens is 2. The molecule has 4 nitrogen and oxygen atoms in total. The fourth-order valence-electron chi connectivity index (χ4n) is 1.15. The molecule has 0 aromatic rings. The van der Waals surface area contributed by atoms with Crippen molar-refractivity contribution in [2.45, 2.75) is 47.4 Å². The van der Waals surface area contributed by atoms with Gasteiger partial charge in [-0.25, -0.2) is 0 Å². The first-order chi connectivity index (χ1) is 8.41. The van der Waals surface area contributed by atoms with Crippen LogP contribution in [0.25, 0.3) is 0 Å². The number of rotatable bonds is 9. The number of carbonyl (C=O) groups excluding carboxylic acids is 2. The van der Waals surface area contributed by atoms with E-state index in [0.29, 0.717) is 33.9 Å². The lowest BCUT2D eigenvalue weighted by atomic mass is 10.3. The molecule has 2 atom stereocenters. The topological polar surface area (TPSA) is 52.6 Å². The average molecular weight is 482 g/mol. The van der Waals surface area contributed by atoms with E-state index in [1.807, 2.05) is 13.8 Å². The molecule has 0 aliphatic carbocycles. The number of carbonyl (C=O) groups is 2. The van der Waals surface area contributed by atoms with Crippen LogP contribution in [0.3, 0.4) is 0 Å². The molecule has 6 heteroatoms.